The summed E-state index contributed by atoms with van der Waals surface area (Å²) in [5, 5.41) is 29.8. The van der Waals surface area contributed by atoms with Crippen LogP contribution in [0.5, 0.6) is 0 Å². The molecule has 0 spiro atoms. The minimum atomic E-state index is -1.39. The number of ether oxygens (including phenoxy) is 1. The van der Waals surface area contributed by atoms with Crippen LogP contribution >= 0.6 is 0 Å². The van der Waals surface area contributed by atoms with Crippen molar-refractivity contribution in [2.45, 2.75) is 53.1 Å². The van der Waals surface area contributed by atoms with Crippen molar-refractivity contribution in [1.82, 2.24) is 5.32 Å². The van der Waals surface area contributed by atoms with E-state index in [4.69, 9.17) is 10.4 Å². The Bertz CT molecular complexity index is 727. The van der Waals surface area contributed by atoms with E-state index in [1.165, 1.54) is 6.07 Å². The van der Waals surface area contributed by atoms with Crippen LogP contribution in [0, 0.1) is 22.7 Å². The number of hydrogen-bond acceptors (Lipinski definition) is 8. The third kappa shape index (κ3) is 7.70. The van der Waals surface area contributed by atoms with Gasteiger partial charge in [-0.25, -0.2) is 14.6 Å². The average molecular weight is 417 g/mol. The molecule has 0 aliphatic carbocycles. The molecular weight excluding hydrogens is 393 g/mol. The van der Waals surface area contributed by atoms with Crippen LogP contribution in [-0.4, -0.2) is 41.0 Å². The number of hydrogen-bond donors (Lipinski definition) is 2. The molecule has 3 atom stereocenters. The van der Waals surface area contributed by atoms with E-state index in [0.717, 1.165) is 19.8 Å². The summed E-state index contributed by atoms with van der Waals surface area (Å²) in [4.78, 5) is 48.2. The Morgan fingerprint density at radius 1 is 1.38 bits per heavy atom. The van der Waals surface area contributed by atoms with Crippen LogP contribution in [0.25, 0.3) is 0 Å². The molecule has 0 radical (unpaired) electrons. The molecule has 154 valence electrons. The summed E-state index contributed by atoms with van der Waals surface area (Å²) in [7, 11) is 0. The molecule has 0 aromatic rings. The Morgan fingerprint density at radius 3 is 2.31 bits per heavy atom. The smallest absolute Gasteiger partial charge is 0.846 e. The molecule has 1 aliphatic rings. The van der Waals surface area contributed by atoms with E-state index >= 15 is 0 Å². The maximum Gasteiger partial charge on any atom is 1.00 e. The molecule has 1 heterocycles. The van der Waals surface area contributed by atoms with E-state index < -0.39 is 46.9 Å². The van der Waals surface area contributed by atoms with Gasteiger partial charge in [-0.2, -0.15) is 5.26 Å². The first-order chi connectivity index (χ1) is 13.0. The zero-order chi connectivity index (χ0) is 22.1. The first-order valence-corrected chi connectivity index (χ1v) is 8.62. The number of esters is 2. The number of amides is 2. The molecule has 1 aliphatic heterocycles. The summed E-state index contributed by atoms with van der Waals surface area (Å²) in [6.45, 7) is 9.78. The molecule has 10 nitrogen and oxygen atoms in total. The molecule has 0 aromatic carbocycles. The van der Waals surface area contributed by atoms with Gasteiger partial charge in [-0.05, 0) is 25.7 Å². The van der Waals surface area contributed by atoms with Gasteiger partial charge in [-0.15, -0.1) is 0 Å². The van der Waals surface area contributed by atoms with Crippen LogP contribution in [0.3, 0.4) is 0 Å². The minimum Gasteiger partial charge on any atom is -0.846 e. The number of carbonyl (C=O) groups excluding carboxylic acids is 4. The number of aliphatic hydroxyl groups excluding tert-OH is 1. The van der Waals surface area contributed by atoms with E-state index in [9.17, 15) is 24.3 Å². The number of carbonyl (C=O) groups is 4. The molecule has 3 unspecified atom stereocenters. The van der Waals surface area contributed by atoms with Gasteiger partial charge >= 0.3 is 41.5 Å². The number of rotatable bonds is 6. The second-order valence-electron chi connectivity index (χ2n) is 6.17. The summed E-state index contributed by atoms with van der Waals surface area (Å²) in [6, 6.07) is 0.561. The molecule has 0 saturated carbocycles. The van der Waals surface area contributed by atoms with Gasteiger partial charge in [0.1, 0.15) is 23.2 Å². The number of aliphatic hydroxyl groups is 1. The maximum absolute atomic E-state index is 11.9. The summed E-state index contributed by atoms with van der Waals surface area (Å²) in [5.74, 6) is -3.43. The first kappa shape index (κ1) is 29.1. The van der Waals surface area contributed by atoms with Gasteiger partial charge in [0, 0.05) is 0 Å². The molecule has 0 saturated heterocycles. The summed E-state index contributed by atoms with van der Waals surface area (Å²) >= 11 is 0. The van der Waals surface area contributed by atoms with Crippen LogP contribution in [0.15, 0.2) is 17.1 Å². The molecule has 2 amide bonds. The first-order valence-electron chi connectivity index (χ1n) is 8.62. The number of amidine groups is 1. The van der Waals surface area contributed by atoms with E-state index in [1.54, 1.807) is 6.92 Å². The van der Waals surface area contributed by atoms with Crippen LogP contribution < -0.4 is 40.0 Å². The Kier molecular flexibility index (Phi) is 13.3. The van der Waals surface area contributed by atoms with Crippen molar-refractivity contribution >= 4 is 29.8 Å². The van der Waals surface area contributed by atoms with Crippen molar-refractivity contribution in [3.63, 3.8) is 0 Å². The molecule has 11 heteroatoms. The van der Waals surface area contributed by atoms with Crippen LogP contribution in [0.1, 0.15) is 47.0 Å². The predicted octanol–water partition coefficient (Wildman–Crippen LogP) is -3.29. The van der Waals surface area contributed by atoms with Crippen molar-refractivity contribution in [3.8, 4) is 6.07 Å². The summed E-state index contributed by atoms with van der Waals surface area (Å²) < 4.78 is 4.01. The molecular formula is C18H24N3NaO7. The van der Waals surface area contributed by atoms with E-state index in [-0.39, 0.29) is 35.5 Å². The van der Waals surface area contributed by atoms with Gasteiger partial charge in [0.2, 0.25) is 5.91 Å². The van der Waals surface area contributed by atoms with Crippen molar-refractivity contribution in [2.75, 3.05) is 0 Å². The number of nitrogens with one attached hydrogen (secondary N) is 1. The number of nitriles is 1. The normalized spacial score (nSPS) is 19.7. The van der Waals surface area contributed by atoms with Crippen LogP contribution in [-0.2, 0) is 23.9 Å². The average Bonchev–Trinajstić information content (AvgIpc) is 2.61. The van der Waals surface area contributed by atoms with Crippen LogP contribution in [0.4, 0.5) is 0 Å². The second kappa shape index (κ2) is 13.2. The third-order valence-corrected chi connectivity index (χ3v) is 4.25. The SMILES string of the molecule is C=C(C#N)C(=O)OC(=O)C(C)O.CCCC(C)C1(CC)C(=O)N=C([O-])NC1=O.[Na+]. The quantitative estimate of drug-likeness (QED) is 0.149. The summed E-state index contributed by atoms with van der Waals surface area (Å²) in [6.07, 6.45) is 0.629. The topological polar surface area (TPSA) is 169 Å². The van der Waals surface area contributed by atoms with E-state index in [0.29, 0.717) is 6.42 Å². The summed E-state index contributed by atoms with van der Waals surface area (Å²) in [5.41, 5.74) is -1.63. The molecule has 29 heavy (non-hydrogen) atoms. The van der Waals surface area contributed by atoms with E-state index in [2.05, 4.69) is 21.6 Å². The fourth-order valence-corrected chi connectivity index (χ4v) is 2.58. The zero-order valence-electron chi connectivity index (χ0n) is 17.3. The molecule has 0 aromatic heterocycles. The van der Waals surface area contributed by atoms with Crippen LogP contribution in [0.2, 0.25) is 0 Å². The maximum atomic E-state index is 11.9. The van der Waals surface area contributed by atoms with Crippen molar-refractivity contribution in [3.05, 3.63) is 12.2 Å². The standard InChI is InChI=1S/C11H18N2O3.C7H7NO4.Na/c1-4-6-7(3)11(5-2)8(14)12-10(16)13-9(11)15;1-4(3-8)6(10)12-7(11)5(2)9;/h7H,4-6H2,1-3H3,(H2,12,13,14,15,16);5,9H,1H2,2H3;/q;;+1/p-1. The Labute approximate surface area is 191 Å². The molecule has 1 rings (SSSR count). The molecule has 2 N–H and O–H groups in total. The zero-order valence-corrected chi connectivity index (χ0v) is 19.3. The van der Waals surface area contributed by atoms with Gasteiger partial charge in [0.25, 0.3) is 5.91 Å². The van der Waals surface area contributed by atoms with E-state index in [1.807, 2.05) is 13.8 Å². The third-order valence-electron chi connectivity index (χ3n) is 4.25. The van der Waals surface area contributed by atoms with Gasteiger partial charge in [0.05, 0.1) is 6.02 Å². The Hall–Kier alpha value is -2.06. The number of nitrogens with zero attached hydrogens (tertiary/aromatic N) is 2. The van der Waals surface area contributed by atoms with Crippen molar-refractivity contribution in [1.29, 1.82) is 5.26 Å². The van der Waals surface area contributed by atoms with Gasteiger partial charge < -0.3 is 20.3 Å². The minimum absolute atomic E-state index is 0. The monoisotopic (exact) mass is 417 g/mol. The van der Waals surface area contributed by atoms with Crippen molar-refractivity contribution in [2.24, 2.45) is 16.3 Å². The predicted molar refractivity (Wildman–Crippen MR) is 94.9 cm³/mol. The number of aliphatic imine (C=N–C) groups is 1. The fourth-order valence-electron chi connectivity index (χ4n) is 2.58. The molecule has 0 bridgehead atoms. The second-order valence-corrected chi connectivity index (χ2v) is 6.17. The fraction of sp³-hybridized carbons (Fsp3) is 0.556. The molecule has 0 fully saturated rings. The van der Waals surface area contributed by atoms with Gasteiger partial charge in [-0.1, -0.05) is 33.8 Å². The van der Waals surface area contributed by atoms with Gasteiger partial charge in [0.15, 0.2) is 0 Å². The Balaban J connectivity index is 0. The largest absolute Gasteiger partial charge is 1.00 e. The Morgan fingerprint density at radius 2 is 1.93 bits per heavy atom. The van der Waals surface area contributed by atoms with Gasteiger partial charge in [-0.3, -0.25) is 9.59 Å². The van der Waals surface area contributed by atoms with Crippen molar-refractivity contribution < 1.29 is 63.7 Å².